The molecule has 0 saturated carbocycles. The number of aryl methyl sites for hydroxylation is 2. The maximum Gasteiger partial charge on any atom is 0.0521 e. The van der Waals surface area contributed by atoms with E-state index >= 15 is 0 Å². The van der Waals surface area contributed by atoms with Crippen LogP contribution in [0.4, 0.5) is 0 Å². The summed E-state index contributed by atoms with van der Waals surface area (Å²) in [5, 5.41) is 4.18. The van der Waals surface area contributed by atoms with Crippen molar-refractivity contribution in [1.29, 1.82) is 0 Å². The van der Waals surface area contributed by atoms with Gasteiger partial charge in [-0.25, -0.2) is 0 Å². The zero-order chi connectivity index (χ0) is 12.3. The lowest BCUT2D eigenvalue weighted by atomic mass is 10.0. The van der Waals surface area contributed by atoms with Crippen molar-refractivity contribution in [3.05, 3.63) is 18.0 Å². The Morgan fingerprint density at radius 3 is 3.06 bits per heavy atom. The molecule has 0 bridgehead atoms. The molecular weight excluding hydrogens is 232 g/mol. The fourth-order valence-corrected chi connectivity index (χ4v) is 3.61. The first kappa shape index (κ1) is 12.9. The predicted molar refractivity (Wildman–Crippen MR) is 73.2 cm³/mol. The van der Waals surface area contributed by atoms with E-state index in [1.807, 2.05) is 29.7 Å². The van der Waals surface area contributed by atoms with Crippen LogP contribution in [0.5, 0.6) is 0 Å². The third-order valence-corrected chi connectivity index (χ3v) is 4.51. The lowest BCUT2D eigenvalue weighted by Crippen LogP contribution is -2.50. The van der Waals surface area contributed by atoms with Gasteiger partial charge in [0, 0.05) is 43.4 Å². The summed E-state index contributed by atoms with van der Waals surface area (Å²) in [7, 11) is 4.14. The third kappa shape index (κ3) is 3.47. The summed E-state index contributed by atoms with van der Waals surface area (Å²) in [5.74, 6) is 2.41. The molecule has 2 unspecified atom stereocenters. The van der Waals surface area contributed by atoms with Crippen molar-refractivity contribution < 1.29 is 0 Å². The second-order valence-electron chi connectivity index (χ2n) is 4.85. The third-order valence-electron chi connectivity index (χ3n) is 3.46. The minimum absolute atomic E-state index is 0.271. The van der Waals surface area contributed by atoms with Gasteiger partial charge in [-0.1, -0.05) is 0 Å². The van der Waals surface area contributed by atoms with Crippen LogP contribution in [0.3, 0.4) is 0 Å². The lowest BCUT2D eigenvalue weighted by molar-refractivity contribution is 0.230. The van der Waals surface area contributed by atoms with Crippen LogP contribution >= 0.6 is 11.8 Å². The minimum atomic E-state index is 0.271. The molecule has 1 aromatic rings. The molecule has 0 aromatic carbocycles. The fourth-order valence-electron chi connectivity index (χ4n) is 2.28. The van der Waals surface area contributed by atoms with Crippen molar-refractivity contribution in [1.82, 2.24) is 14.7 Å². The Morgan fingerprint density at radius 1 is 1.59 bits per heavy atom. The molecule has 1 aliphatic heterocycles. The molecule has 0 amide bonds. The molecule has 1 fully saturated rings. The van der Waals surface area contributed by atoms with Crippen molar-refractivity contribution in [2.75, 3.05) is 25.1 Å². The van der Waals surface area contributed by atoms with Gasteiger partial charge in [-0.3, -0.25) is 4.68 Å². The van der Waals surface area contributed by atoms with Crippen LogP contribution in [0.15, 0.2) is 12.4 Å². The van der Waals surface area contributed by atoms with E-state index in [4.69, 9.17) is 5.73 Å². The first-order valence-corrected chi connectivity index (χ1v) is 7.33. The predicted octanol–water partition coefficient (Wildman–Crippen LogP) is 0.727. The monoisotopic (exact) mass is 254 g/mol. The van der Waals surface area contributed by atoms with Crippen LogP contribution in [0, 0.1) is 0 Å². The fraction of sp³-hybridized carbons (Fsp3) is 0.750. The average molecular weight is 254 g/mol. The number of nitrogens with two attached hydrogens (primary N) is 1. The van der Waals surface area contributed by atoms with Gasteiger partial charge in [-0.15, -0.1) is 0 Å². The van der Waals surface area contributed by atoms with Crippen LogP contribution in [-0.2, 0) is 13.5 Å². The Kier molecular flexibility index (Phi) is 4.48. The lowest BCUT2D eigenvalue weighted by Gasteiger charge is -2.36. The number of aromatic nitrogens is 2. The molecular formula is C12H22N4S. The van der Waals surface area contributed by atoms with Gasteiger partial charge in [-0.05, 0) is 25.5 Å². The topological polar surface area (TPSA) is 47.1 Å². The zero-order valence-electron chi connectivity index (χ0n) is 10.7. The Hall–Kier alpha value is -0.520. The number of hydrogen-bond donors (Lipinski definition) is 1. The highest BCUT2D eigenvalue weighted by molar-refractivity contribution is 7.99. The first-order valence-electron chi connectivity index (χ1n) is 6.18. The summed E-state index contributed by atoms with van der Waals surface area (Å²) in [6.45, 7) is 1.16. The Labute approximate surface area is 108 Å². The van der Waals surface area contributed by atoms with Crippen molar-refractivity contribution in [2.45, 2.75) is 24.9 Å². The SMILES string of the molecule is CN1CCSCC1C(N)CCc1cnn(C)c1. The number of hydrogen-bond acceptors (Lipinski definition) is 4. The van der Waals surface area contributed by atoms with Crippen molar-refractivity contribution in [3.8, 4) is 0 Å². The highest BCUT2D eigenvalue weighted by atomic mass is 32.2. The van der Waals surface area contributed by atoms with Crippen LogP contribution in [0.1, 0.15) is 12.0 Å². The van der Waals surface area contributed by atoms with Gasteiger partial charge in [0.05, 0.1) is 6.20 Å². The smallest absolute Gasteiger partial charge is 0.0521 e. The van der Waals surface area contributed by atoms with E-state index in [2.05, 4.69) is 23.2 Å². The maximum atomic E-state index is 6.31. The molecule has 4 nitrogen and oxygen atoms in total. The largest absolute Gasteiger partial charge is 0.326 e. The molecule has 1 saturated heterocycles. The molecule has 1 aromatic heterocycles. The maximum absolute atomic E-state index is 6.31. The number of rotatable bonds is 4. The van der Waals surface area contributed by atoms with Crippen molar-refractivity contribution >= 4 is 11.8 Å². The molecule has 0 radical (unpaired) electrons. The zero-order valence-corrected chi connectivity index (χ0v) is 11.5. The van der Waals surface area contributed by atoms with Gasteiger partial charge in [0.25, 0.3) is 0 Å². The number of thioether (sulfide) groups is 1. The highest BCUT2D eigenvalue weighted by Gasteiger charge is 2.25. The summed E-state index contributed by atoms with van der Waals surface area (Å²) in [5.41, 5.74) is 7.60. The van der Waals surface area contributed by atoms with E-state index in [1.54, 1.807) is 0 Å². The van der Waals surface area contributed by atoms with E-state index in [1.165, 1.54) is 17.1 Å². The normalized spacial score (nSPS) is 23.8. The summed E-state index contributed by atoms with van der Waals surface area (Å²) in [6, 6.07) is 0.804. The van der Waals surface area contributed by atoms with E-state index in [0.717, 1.165) is 19.4 Å². The molecule has 2 atom stereocenters. The summed E-state index contributed by atoms with van der Waals surface area (Å²) in [6.07, 6.45) is 6.09. The van der Waals surface area contributed by atoms with E-state index < -0.39 is 0 Å². The Morgan fingerprint density at radius 2 is 2.41 bits per heavy atom. The highest BCUT2D eigenvalue weighted by Crippen LogP contribution is 2.18. The molecule has 17 heavy (non-hydrogen) atoms. The minimum Gasteiger partial charge on any atom is -0.326 e. The van der Waals surface area contributed by atoms with Crippen LogP contribution in [-0.4, -0.2) is 51.9 Å². The molecule has 2 heterocycles. The van der Waals surface area contributed by atoms with E-state index in [-0.39, 0.29) is 6.04 Å². The Balaban J connectivity index is 1.82. The second-order valence-corrected chi connectivity index (χ2v) is 6.00. The molecule has 2 rings (SSSR count). The van der Waals surface area contributed by atoms with Crippen LogP contribution in [0.2, 0.25) is 0 Å². The van der Waals surface area contributed by atoms with Gasteiger partial charge in [-0.2, -0.15) is 16.9 Å². The van der Waals surface area contributed by atoms with Gasteiger partial charge >= 0.3 is 0 Å². The molecule has 1 aliphatic rings. The number of likely N-dealkylation sites (N-methyl/N-ethyl adjacent to an activating group) is 1. The van der Waals surface area contributed by atoms with Crippen LogP contribution in [0.25, 0.3) is 0 Å². The summed E-state index contributed by atoms with van der Waals surface area (Å²) in [4.78, 5) is 2.41. The van der Waals surface area contributed by atoms with Gasteiger partial charge in [0.15, 0.2) is 0 Å². The van der Waals surface area contributed by atoms with Gasteiger partial charge < -0.3 is 10.6 Å². The van der Waals surface area contributed by atoms with Crippen molar-refractivity contribution in [3.63, 3.8) is 0 Å². The molecule has 5 heteroatoms. The average Bonchev–Trinajstić information content (AvgIpc) is 2.73. The molecule has 0 spiro atoms. The number of nitrogens with zero attached hydrogens (tertiary/aromatic N) is 3. The molecule has 96 valence electrons. The van der Waals surface area contributed by atoms with Crippen molar-refractivity contribution in [2.24, 2.45) is 12.8 Å². The quantitative estimate of drug-likeness (QED) is 0.860. The van der Waals surface area contributed by atoms with Gasteiger partial charge in [0.2, 0.25) is 0 Å². The van der Waals surface area contributed by atoms with Crippen LogP contribution < -0.4 is 5.73 Å². The summed E-state index contributed by atoms with van der Waals surface area (Å²) < 4.78 is 1.85. The summed E-state index contributed by atoms with van der Waals surface area (Å²) >= 11 is 2.02. The second kappa shape index (κ2) is 5.89. The van der Waals surface area contributed by atoms with Gasteiger partial charge in [0.1, 0.15) is 0 Å². The standard InChI is InChI=1S/C12H22N4S/c1-15-5-6-17-9-12(15)11(13)4-3-10-7-14-16(2)8-10/h7-8,11-12H,3-6,9,13H2,1-2H3. The molecule has 2 N–H and O–H groups in total. The van der Waals surface area contributed by atoms with E-state index in [0.29, 0.717) is 6.04 Å². The van der Waals surface area contributed by atoms with E-state index in [9.17, 15) is 0 Å². The molecule has 0 aliphatic carbocycles. The Bertz CT molecular complexity index is 352. The first-order chi connectivity index (χ1) is 8.16.